The highest BCUT2D eigenvalue weighted by atomic mass is 79.9. The van der Waals surface area contributed by atoms with E-state index in [1.54, 1.807) is 24.3 Å². The molecule has 2 aliphatic heterocycles. The van der Waals surface area contributed by atoms with Crippen molar-refractivity contribution in [1.82, 2.24) is 4.31 Å². The number of furan rings is 1. The summed E-state index contributed by atoms with van der Waals surface area (Å²) in [6.45, 7) is 3.14. The van der Waals surface area contributed by atoms with Crippen LogP contribution in [-0.4, -0.2) is 58.0 Å². The lowest BCUT2D eigenvalue weighted by Crippen LogP contribution is -2.40. The number of rotatable bonds is 5. The number of carbonyl (C=O) groups is 1. The molecular weight excluding hydrogens is 462 g/mol. The van der Waals surface area contributed by atoms with Gasteiger partial charge in [0.2, 0.25) is 10.0 Å². The number of sulfonamides is 1. The van der Waals surface area contributed by atoms with E-state index < -0.39 is 10.0 Å². The topological polar surface area (TPSA) is 92.1 Å². The van der Waals surface area contributed by atoms with Crippen molar-refractivity contribution in [2.45, 2.75) is 17.7 Å². The van der Waals surface area contributed by atoms with Gasteiger partial charge in [0, 0.05) is 32.2 Å². The van der Waals surface area contributed by atoms with Crippen molar-refractivity contribution in [2.75, 3.05) is 49.6 Å². The van der Waals surface area contributed by atoms with Gasteiger partial charge in [0.05, 0.1) is 35.0 Å². The number of amides is 1. The minimum absolute atomic E-state index is 0.158. The maximum absolute atomic E-state index is 13.1. The fraction of sp³-hybridized carbons (Fsp3) is 0.421. The third kappa shape index (κ3) is 4.35. The second-order valence-electron chi connectivity index (χ2n) is 6.98. The Morgan fingerprint density at radius 2 is 1.79 bits per heavy atom. The first kappa shape index (κ1) is 20.4. The molecule has 0 aliphatic carbocycles. The van der Waals surface area contributed by atoms with Gasteiger partial charge in [-0.15, -0.1) is 0 Å². The Morgan fingerprint density at radius 1 is 1.07 bits per heavy atom. The van der Waals surface area contributed by atoms with Crippen LogP contribution in [0.3, 0.4) is 0 Å². The van der Waals surface area contributed by atoms with Crippen molar-refractivity contribution < 1.29 is 22.4 Å². The van der Waals surface area contributed by atoms with Gasteiger partial charge in [-0.2, -0.15) is 4.31 Å². The second kappa shape index (κ2) is 8.47. The van der Waals surface area contributed by atoms with E-state index >= 15 is 0 Å². The van der Waals surface area contributed by atoms with Crippen LogP contribution in [0.1, 0.15) is 23.2 Å². The molecule has 0 saturated carbocycles. The van der Waals surface area contributed by atoms with Crippen LogP contribution in [0.4, 0.5) is 11.4 Å². The first-order chi connectivity index (χ1) is 13.9. The lowest BCUT2D eigenvalue weighted by Gasteiger charge is -2.27. The molecule has 2 saturated heterocycles. The van der Waals surface area contributed by atoms with Gasteiger partial charge >= 0.3 is 0 Å². The van der Waals surface area contributed by atoms with Gasteiger partial charge in [0.15, 0.2) is 4.67 Å². The van der Waals surface area contributed by atoms with Gasteiger partial charge in [-0.1, -0.05) is 0 Å². The lowest BCUT2D eigenvalue weighted by molar-refractivity contribution is 0.0730. The van der Waals surface area contributed by atoms with Gasteiger partial charge < -0.3 is 19.4 Å². The van der Waals surface area contributed by atoms with Crippen LogP contribution in [0, 0.1) is 0 Å². The van der Waals surface area contributed by atoms with Gasteiger partial charge in [0.1, 0.15) is 6.26 Å². The van der Waals surface area contributed by atoms with Gasteiger partial charge in [-0.25, -0.2) is 8.42 Å². The molecule has 8 nitrogen and oxygen atoms in total. The van der Waals surface area contributed by atoms with Crippen molar-refractivity contribution in [3.63, 3.8) is 0 Å². The van der Waals surface area contributed by atoms with Gasteiger partial charge in [-0.05, 0) is 47.0 Å². The highest BCUT2D eigenvalue weighted by molar-refractivity contribution is 9.10. The van der Waals surface area contributed by atoms with Crippen molar-refractivity contribution in [3.05, 3.63) is 40.8 Å². The van der Waals surface area contributed by atoms with Crippen molar-refractivity contribution in [1.29, 1.82) is 0 Å². The monoisotopic (exact) mass is 483 g/mol. The summed E-state index contributed by atoms with van der Waals surface area (Å²) in [7, 11) is -3.66. The van der Waals surface area contributed by atoms with E-state index in [1.807, 2.05) is 0 Å². The van der Waals surface area contributed by atoms with E-state index in [4.69, 9.17) is 9.15 Å². The maximum Gasteiger partial charge on any atom is 0.259 e. The molecule has 0 bridgehead atoms. The fourth-order valence-corrected chi connectivity index (χ4v) is 5.34. The van der Waals surface area contributed by atoms with E-state index in [0.717, 1.165) is 31.6 Å². The van der Waals surface area contributed by atoms with Crippen LogP contribution in [0.15, 0.2) is 44.5 Å². The Labute approximate surface area is 178 Å². The van der Waals surface area contributed by atoms with Crippen LogP contribution in [0.25, 0.3) is 0 Å². The van der Waals surface area contributed by atoms with Crippen LogP contribution in [-0.2, 0) is 14.8 Å². The molecule has 0 atom stereocenters. The third-order valence-corrected chi connectivity index (χ3v) is 7.41. The Balaban J connectivity index is 1.67. The van der Waals surface area contributed by atoms with Crippen molar-refractivity contribution in [2.24, 2.45) is 0 Å². The summed E-state index contributed by atoms with van der Waals surface area (Å²) in [4.78, 5) is 15.0. The van der Waals surface area contributed by atoms with E-state index in [2.05, 4.69) is 26.1 Å². The Bertz CT molecular complexity index is 995. The van der Waals surface area contributed by atoms with Crippen LogP contribution in [0.5, 0.6) is 0 Å². The molecule has 1 amide bonds. The first-order valence-electron chi connectivity index (χ1n) is 9.47. The summed E-state index contributed by atoms with van der Waals surface area (Å²) in [5, 5.41) is 2.86. The summed E-state index contributed by atoms with van der Waals surface area (Å²) in [6, 6.07) is 6.51. The van der Waals surface area contributed by atoms with Crippen molar-refractivity contribution in [3.8, 4) is 0 Å². The summed E-state index contributed by atoms with van der Waals surface area (Å²) < 4.78 is 38.4. The number of hydrogen-bond acceptors (Lipinski definition) is 6. The molecule has 0 unspecified atom stereocenters. The number of nitrogens with one attached hydrogen (secondary N) is 1. The standard InChI is InChI=1S/C19H22BrN3O5S/c20-18-11-14(13-28-18)19(24)21-16-12-15(3-4-17(16)22-5-1-2-6-22)29(25,26)23-7-9-27-10-8-23/h3-4,11-13H,1-2,5-10H2,(H,21,24). The molecule has 1 aromatic carbocycles. The molecule has 4 rings (SSSR count). The zero-order chi connectivity index (χ0) is 20.4. The number of carbonyl (C=O) groups excluding carboxylic acids is 1. The van der Waals surface area contributed by atoms with Gasteiger partial charge in [0.25, 0.3) is 5.91 Å². The lowest BCUT2D eigenvalue weighted by atomic mass is 10.2. The number of ether oxygens (including phenoxy) is 1. The second-order valence-corrected chi connectivity index (χ2v) is 9.70. The molecule has 1 aromatic heterocycles. The van der Waals surface area contributed by atoms with E-state index in [9.17, 15) is 13.2 Å². The van der Waals surface area contributed by atoms with Crippen LogP contribution in [0.2, 0.25) is 0 Å². The smallest absolute Gasteiger partial charge is 0.259 e. The highest BCUT2D eigenvalue weighted by Gasteiger charge is 2.28. The molecule has 0 radical (unpaired) electrons. The number of benzene rings is 1. The molecule has 2 aliphatic rings. The largest absolute Gasteiger partial charge is 0.457 e. The van der Waals surface area contributed by atoms with Crippen LogP contribution >= 0.6 is 15.9 Å². The van der Waals surface area contributed by atoms with E-state index in [1.165, 1.54) is 10.6 Å². The summed E-state index contributed by atoms with van der Waals surface area (Å²) in [5.74, 6) is -0.360. The molecule has 3 heterocycles. The molecular formula is C19H22BrN3O5S. The van der Waals surface area contributed by atoms with Crippen molar-refractivity contribution >= 4 is 43.2 Å². The fourth-order valence-electron chi connectivity index (χ4n) is 3.57. The number of morpholine rings is 1. The zero-order valence-corrected chi connectivity index (χ0v) is 18.2. The summed E-state index contributed by atoms with van der Waals surface area (Å²) >= 11 is 3.19. The normalized spacial score (nSPS) is 18.2. The first-order valence-corrected chi connectivity index (χ1v) is 11.7. The minimum Gasteiger partial charge on any atom is -0.457 e. The molecule has 2 fully saturated rings. The zero-order valence-electron chi connectivity index (χ0n) is 15.8. The number of nitrogens with zero attached hydrogens (tertiary/aromatic N) is 2. The quantitative estimate of drug-likeness (QED) is 0.702. The average molecular weight is 484 g/mol. The molecule has 10 heteroatoms. The van der Waals surface area contributed by atoms with E-state index in [-0.39, 0.29) is 10.8 Å². The minimum atomic E-state index is -3.66. The maximum atomic E-state index is 13.1. The number of halogens is 1. The summed E-state index contributed by atoms with van der Waals surface area (Å²) in [6.07, 6.45) is 3.48. The average Bonchev–Trinajstić information content (AvgIpc) is 3.40. The predicted octanol–water partition coefficient (Wildman–Crippen LogP) is 2.92. The Morgan fingerprint density at radius 3 is 2.45 bits per heavy atom. The molecule has 1 N–H and O–H groups in total. The Hall–Kier alpha value is -1.88. The molecule has 156 valence electrons. The SMILES string of the molecule is O=C(Nc1cc(S(=O)(=O)N2CCOCC2)ccc1N1CCCC1)c1coc(Br)c1. The number of hydrogen-bond donors (Lipinski definition) is 1. The highest BCUT2D eigenvalue weighted by Crippen LogP contribution is 2.33. The summed E-state index contributed by atoms with van der Waals surface area (Å²) in [5.41, 5.74) is 1.65. The van der Waals surface area contributed by atoms with Gasteiger partial charge in [-0.3, -0.25) is 4.79 Å². The molecule has 0 spiro atoms. The third-order valence-electron chi connectivity index (χ3n) is 5.10. The molecule has 2 aromatic rings. The predicted molar refractivity (Wildman–Crippen MR) is 112 cm³/mol. The Kier molecular flexibility index (Phi) is 5.95. The number of anilines is 2. The molecule has 29 heavy (non-hydrogen) atoms. The van der Waals surface area contributed by atoms with E-state index in [0.29, 0.717) is 42.2 Å². The van der Waals surface area contributed by atoms with Crippen LogP contribution < -0.4 is 10.2 Å².